The van der Waals surface area contributed by atoms with Crippen LogP contribution in [0.3, 0.4) is 0 Å². The van der Waals surface area contributed by atoms with Crippen LogP contribution in [-0.2, 0) is 23.9 Å². The van der Waals surface area contributed by atoms with Crippen LogP contribution in [0.1, 0.15) is 30.5 Å². The molecule has 0 saturated heterocycles. The van der Waals surface area contributed by atoms with Crippen LogP contribution in [0.2, 0.25) is 0 Å². The monoisotopic (exact) mass is 474 g/mol. The van der Waals surface area contributed by atoms with Gasteiger partial charge in [-0.3, -0.25) is 19.1 Å². The van der Waals surface area contributed by atoms with E-state index < -0.39 is 28.9 Å². The zero-order valence-corrected chi connectivity index (χ0v) is 18.7. The molecule has 0 bridgehead atoms. The Kier molecular flexibility index (Phi) is 7.29. The maximum absolute atomic E-state index is 13.2. The molecule has 3 N–H and O–H groups in total. The lowest BCUT2D eigenvalue weighted by Crippen LogP contribution is -2.43. The number of benzene rings is 2. The van der Waals surface area contributed by atoms with Gasteiger partial charge in [0.2, 0.25) is 5.91 Å². The summed E-state index contributed by atoms with van der Waals surface area (Å²) in [4.78, 5) is 41.8. The smallest absolute Gasteiger partial charge is 0.383 e. The van der Waals surface area contributed by atoms with Gasteiger partial charge in [-0.2, -0.15) is 13.2 Å². The minimum atomic E-state index is -4.55. The van der Waals surface area contributed by atoms with Gasteiger partial charge in [0.25, 0.3) is 5.56 Å². The van der Waals surface area contributed by atoms with Crippen LogP contribution in [0.4, 0.5) is 24.7 Å². The summed E-state index contributed by atoms with van der Waals surface area (Å²) in [7, 11) is 0. The van der Waals surface area contributed by atoms with Crippen LogP contribution in [0, 0.1) is 5.92 Å². The fourth-order valence-corrected chi connectivity index (χ4v) is 3.57. The van der Waals surface area contributed by atoms with E-state index in [9.17, 15) is 27.6 Å². The molecule has 2 aromatic carbocycles. The van der Waals surface area contributed by atoms with Crippen molar-refractivity contribution in [3.8, 4) is 0 Å². The number of aromatic amines is 1. The molecule has 0 spiro atoms. The average molecular weight is 474 g/mol. The molecule has 3 aromatic rings. The predicted molar refractivity (Wildman–Crippen MR) is 124 cm³/mol. The SMILES string of the molecule is CC(C)CN(C(=O)Cc1cccc(C(F)(F)F)c1)c1c(N)n(Cc2ccccc2)c(=O)[nH]c1=O. The van der Waals surface area contributed by atoms with Crippen LogP contribution in [0.25, 0.3) is 0 Å². The Bertz CT molecular complexity index is 1280. The summed E-state index contributed by atoms with van der Waals surface area (Å²) in [6.45, 7) is 3.77. The minimum Gasteiger partial charge on any atom is -0.383 e. The molecular formula is C24H25F3N4O3. The maximum Gasteiger partial charge on any atom is 0.416 e. The van der Waals surface area contributed by atoms with Crippen molar-refractivity contribution >= 4 is 17.4 Å². The summed E-state index contributed by atoms with van der Waals surface area (Å²) in [5.41, 5.74) is 4.46. The predicted octanol–water partition coefficient (Wildman–Crippen LogP) is 3.42. The van der Waals surface area contributed by atoms with Crippen molar-refractivity contribution in [3.63, 3.8) is 0 Å². The van der Waals surface area contributed by atoms with Gasteiger partial charge in [0.05, 0.1) is 18.5 Å². The van der Waals surface area contributed by atoms with E-state index in [-0.39, 0.29) is 42.5 Å². The molecule has 3 rings (SSSR count). The normalized spacial score (nSPS) is 11.6. The lowest BCUT2D eigenvalue weighted by atomic mass is 10.1. The second-order valence-corrected chi connectivity index (χ2v) is 8.34. The van der Waals surface area contributed by atoms with Gasteiger partial charge < -0.3 is 10.6 Å². The van der Waals surface area contributed by atoms with Crippen molar-refractivity contribution in [2.24, 2.45) is 5.92 Å². The average Bonchev–Trinajstić information content (AvgIpc) is 2.76. The summed E-state index contributed by atoms with van der Waals surface area (Å²) in [6.07, 6.45) is -4.93. The number of aromatic nitrogens is 2. The summed E-state index contributed by atoms with van der Waals surface area (Å²) >= 11 is 0. The van der Waals surface area contributed by atoms with Gasteiger partial charge in [0, 0.05) is 6.54 Å². The topological polar surface area (TPSA) is 101 Å². The summed E-state index contributed by atoms with van der Waals surface area (Å²) in [5, 5.41) is 0. The zero-order chi connectivity index (χ0) is 25.0. The molecule has 1 aromatic heterocycles. The molecule has 1 heterocycles. The Morgan fingerprint density at radius 2 is 1.71 bits per heavy atom. The Morgan fingerprint density at radius 1 is 1.06 bits per heavy atom. The van der Waals surface area contributed by atoms with Crippen molar-refractivity contribution < 1.29 is 18.0 Å². The van der Waals surface area contributed by atoms with Gasteiger partial charge in [-0.25, -0.2) is 4.79 Å². The van der Waals surface area contributed by atoms with Crippen molar-refractivity contribution in [1.82, 2.24) is 9.55 Å². The highest BCUT2D eigenvalue weighted by Crippen LogP contribution is 2.30. The lowest BCUT2D eigenvalue weighted by molar-refractivity contribution is -0.137. The molecular weight excluding hydrogens is 449 g/mol. The number of halogens is 3. The Balaban J connectivity index is 2.02. The van der Waals surface area contributed by atoms with Gasteiger partial charge in [-0.05, 0) is 23.1 Å². The standard InChI is InChI=1S/C24H25F3N4O3/c1-15(2)13-30(19(32)12-17-9-6-10-18(11-17)24(25,26)27)20-21(28)31(23(34)29-22(20)33)14-16-7-4-3-5-8-16/h3-11,15H,12-14,28H2,1-2H3,(H,29,33,34). The van der Waals surface area contributed by atoms with E-state index in [1.54, 1.807) is 24.3 Å². The molecule has 0 fully saturated rings. The molecule has 0 aliphatic carbocycles. The van der Waals surface area contributed by atoms with E-state index >= 15 is 0 Å². The van der Waals surface area contributed by atoms with Gasteiger partial charge in [-0.1, -0.05) is 62.4 Å². The quantitative estimate of drug-likeness (QED) is 0.548. The number of hydrogen-bond acceptors (Lipinski definition) is 4. The molecule has 0 unspecified atom stereocenters. The van der Waals surface area contributed by atoms with Crippen molar-refractivity contribution in [3.05, 3.63) is 92.1 Å². The third-order valence-electron chi connectivity index (χ3n) is 5.13. The second-order valence-electron chi connectivity index (χ2n) is 8.34. The number of nitrogens with one attached hydrogen (secondary N) is 1. The number of H-pyrrole nitrogens is 1. The summed E-state index contributed by atoms with van der Waals surface area (Å²) in [5.74, 6) is -0.912. The van der Waals surface area contributed by atoms with Crippen molar-refractivity contribution in [1.29, 1.82) is 0 Å². The maximum atomic E-state index is 13.2. The first kappa shape index (κ1) is 24.8. The Morgan fingerprint density at radius 3 is 2.32 bits per heavy atom. The summed E-state index contributed by atoms with van der Waals surface area (Å²) in [6, 6.07) is 13.4. The number of rotatable bonds is 7. The molecule has 10 heteroatoms. The zero-order valence-electron chi connectivity index (χ0n) is 18.7. The highest BCUT2D eigenvalue weighted by molar-refractivity contribution is 5.96. The van der Waals surface area contributed by atoms with E-state index in [0.29, 0.717) is 0 Å². The van der Waals surface area contributed by atoms with Crippen molar-refractivity contribution in [2.45, 2.75) is 33.0 Å². The first-order valence-electron chi connectivity index (χ1n) is 10.6. The number of anilines is 2. The fourth-order valence-electron chi connectivity index (χ4n) is 3.57. The van der Waals surface area contributed by atoms with Crippen LogP contribution in [-0.4, -0.2) is 22.0 Å². The third-order valence-corrected chi connectivity index (χ3v) is 5.13. The molecule has 34 heavy (non-hydrogen) atoms. The number of alkyl halides is 3. The minimum absolute atomic E-state index is 0.0621. The molecule has 0 atom stereocenters. The van der Waals surface area contributed by atoms with Crippen molar-refractivity contribution in [2.75, 3.05) is 17.2 Å². The van der Waals surface area contributed by atoms with E-state index in [2.05, 4.69) is 4.98 Å². The van der Waals surface area contributed by atoms with E-state index in [1.165, 1.54) is 12.1 Å². The number of nitrogens with zero attached hydrogens (tertiary/aromatic N) is 2. The van der Waals surface area contributed by atoms with E-state index in [1.807, 2.05) is 19.9 Å². The molecule has 1 amide bonds. The Labute approximate surface area is 193 Å². The molecule has 180 valence electrons. The molecule has 0 radical (unpaired) electrons. The fraction of sp³-hybridized carbons (Fsp3) is 0.292. The number of amides is 1. The highest BCUT2D eigenvalue weighted by atomic mass is 19.4. The number of nitrogens with two attached hydrogens (primary N) is 1. The largest absolute Gasteiger partial charge is 0.416 e. The van der Waals surface area contributed by atoms with Gasteiger partial charge in [0.1, 0.15) is 5.82 Å². The van der Waals surface area contributed by atoms with Crippen LogP contribution < -0.4 is 21.9 Å². The van der Waals surface area contributed by atoms with Crippen LogP contribution in [0.15, 0.2) is 64.2 Å². The number of hydrogen-bond donors (Lipinski definition) is 2. The second kappa shape index (κ2) is 9.98. The highest BCUT2D eigenvalue weighted by Gasteiger charge is 2.31. The molecule has 0 aliphatic heterocycles. The summed E-state index contributed by atoms with van der Waals surface area (Å²) < 4.78 is 40.4. The van der Waals surface area contributed by atoms with Gasteiger partial charge in [0.15, 0.2) is 5.69 Å². The molecule has 0 aliphatic rings. The van der Waals surface area contributed by atoms with Crippen LogP contribution >= 0.6 is 0 Å². The number of carbonyl (C=O) groups excluding carboxylic acids is 1. The first-order valence-corrected chi connectivity index (χ1v) is 10.6. The Hall–Kier alpha value is -3.82. The molecule has 7 nitrogen and oxygen atoms in total. The van der Waals surface area contributed by atoms with E-state index in [0.717, 1.165) is 27.2 Å². The first-order chi connectivity index (χ1) is 16.0. The number of carbonyl (C=O) groups is 1. The lowest BCUT2D eigenvalue weighted by Gasteiger charge is -2.26. The van der Waals surface area contributed by atoms with Crippen LogP contribution in [0.5, 0.6) is 0 Å². The number of nitrogen functional groups attached to an aromatic ring is 1. The van der Waals surface area contributed by atoms with Gasteiger partial charge >= 0.3 is 11.9 Å². The van der Waals surface area contributed by atoms with Gasteiger partial charge in [-0.15, -0.1) is 0 Å². The molecule has 0 saturated carbocycles. The third kappa shape index (κ3) is 5.75. The van der Waals surface area contributed by atoms with E-state index in [4.69, 9.17) is 5.73 Å².